The minimum Gasteiger partial charge on any atom is -0.392 e. The maximum absolute atomic E-state index is 9.15. The number of halogens is 1. The fourth-order valence-electron chi connectivity index (χ4n) is 2.13. The summed E-state index contributed by atoms with van der Waals surface area (Å²) in [4.78, 5) is 5.76. The lowest BCUT2D eigenvalue weighted by Gasteiger charge is -2.13. The third-order valence-electron chi connectivity index (χ3n) is 3.19. The Labute approximate surface area is 133 Å². The van der Waals surface area contributed by atoms with E-state index < -0.39 is 0 Å². The van der Waals surface area contributed by atoms with Crippen molar-refractivity contribution in [3.8, 4) is 0 Å². The fourth-order valence-corrected chi connectivity index (χ4v) is 3.20. The van der Waals surface area contributed by atoms with Gasteiger partial charge in [0.05, 0.1) is 18.2 Å². The van der Waals surface area contributed by atoms with E-state index in [4.69, 9.17) is 16.7 Å². The molecule has 0 aliphatic carbocycles. The second-order valence-corrected chi connectivity index (χ2v) is 6.24. The molecule has 0 bridgehead atoms. The monoisotopic (exact) mass is 315 g/mol. The van der Waals surface area contributed by atoms with Crippen molar-refractivity contribution in [3.63, 3.8) is 0 Å². The van der Waals surface area contributed by atoms with Crippen LogP contribution in [0.15, 0.2) is 58.4 Å². The molecule has 0 fully saturated rings. The number of benzene rings is 2. The van der Waals surface area contributed by atoms with E-state index in [0.717, 1.165) is 21.2 Å². The Hall–Kier alpha value is -1.55. The lowest BCUT2D eigenvalue weighted by atomic mass is 10.1. The highest BCUT2D eigenvalue weighted by atomic mass is 35.5. The van der Waals surface area contributed by atoms with E-state index in [-0.39, 0.29) is 6.61 Å². The van der Waals surface area contributed by atoms with Crippen molar-refractivity contribution in [1.82, 2.24) is 0 Å². The molecule has 2 aromatic rings. The summed E-state index contributed by atoms with van der Waals surface area (Å²) in [6.07, 6.45) is 4.03. The van der Waals surface area contributed by atoms with Gasteiger partial charge in [0.2, 0.25) is 0 Å². The van der Waals surface area contributed by atoms with E-state index in [0.29, 0.717) is 6.54 Å². The third-order valence-corrected chi connectivity index (χ3v) is 4.52. The van der Waals surface area contributed by atoms with Crippen molar-refractivity contribution in [3.05, 3.63) is 70.3 Å². The van der Waals surface area contributed by atoms with Gasteiger partial charge in [-0.3, -0.25) is 4.99 Å². The minimum absolute atomic E-state index is 0.0610. The van der Waals surface area contributed by atoms with Gasteiger partial charge in [-0.05, 0) is 47.0 Å². The highest BCUT2D eigenvalue weighted by Gasteiger charge is 2.11. The zero-order valence-corrected chi connectivity index (χ0v) is 12.9. The summed E-state index contributed by atoms with van der Waals surface area (Å²) >= 11 is 7.64. The van der Waals surface area contributed by atoms with Gasteiger partial charge < -0.3 is 5.11 Å². The van der Waals surface area contributed by atoms with Crippen LogP contribution < -0.4 is 0 Å². The molecule has 3 rings (SSSR count). The smallest absolute Gasteiger partial charge is 0.0956 e. The number of aliphatic hydroxyl groups excluding tert-OH is 1. The summed E-state index contributed by atoms with van der Waals surface area (Å²) in [5, 5.41) is 10.9. The zero-order chi connectivity index (χ0) is 14.7. The number of rotatable bonds is 3. The first-order valence-electron chi connectivity index (χ1n) is 6.63. The topological polar surface area (TPSA) is 32.6 Å². The molecule has 0 atom stereocenters. The van der Waals surface area contributed by atoms with Gasteiger partial charge in [0.1, 0.15) is 0 Å². The fraction of sp³-hybridized carbons (Fsp3) is 0.118. The number of aliphatic imine (C=N–C) groups is 1. The van der Waals surface area contributed by atoms with E-state index in [1.807, 2.05) is 54.6 Å². The third kappa shape index (κ3) is 3.56. The van der Waals surface area contributed by atoms with Crippen LogP contribution in [0.4, 0.5) is 0 Å². The van der Waals surface area contributed by atoms with Gasteiger partial charge in [-0.15, -0.1) is 0 Å². The molecule has 1 N–H and O–H groups in total. The minimum atomic E-state index is 0.0610. The van der Waals surface area contributed by atoms with Crippen molar-refractivity contribution in [2.75, 3.05) is 0 Å². The Morgan fingerprint density at radius 1 is 1.19 bits per heavy atom. The second-order valence-electron chi connectivity index (χ2n) is 4.75. The molecular formula is C17H14ClNOS. The number of nitrogens with zero attached hydrogens (tertiary/aromatic N) is 1. The molecule has 0 unspecified atom stereocenters. The van der Waals surface area contributed by atoms with Gasteiger partial charge in [0.25, 0.3) is 0 Å². The van der Waals surface area contributed by atoms with E-state index in [1.54, 1.807) is 11.8 Å². The molecule has 0 spiro atoms. The number of fused-ring (bicyclic) bond motifs is 1. The molecule has 0 aromatic heterocycles. The molecule has 106 valence electrons. The molecule has 0 amide bonds. The van der Waals surface area contributed by atoms with Crippen LogP contribution in [0.2, 0.25) is 5.02 Å². The van der Waals surface area contributed by atoms with Crippen molar-refractivity contribution >= 4 is 34.5 Å². The van der Waals surface area contributed by atoms with Crippen LogP contribution in [-0.4, -0.2) is 10.2 Å². The maximum Gasteiger partial charge on any atom is 0.0956 e. The Morgan fingerprint density at radius 2 is 2.10 bits per heavy atom. The van der Waals surface area contributed by atoms with Crippen molar-refractivity contribution in [2.24, 2.45) is 4.99 Å². The normalized spacial score (nSPS) is 14.1. The maximum atomic E-state index is 9.15. The lowest BCUT2D eigenvalue weighted by molar-refractivity contribution is 0.282. The molecule has 0 saturated heterocycles. The quantitative estimate of drug-likeness (QED) is 0.901. The number of thioether (sulfide) groups is 1. The van der Waals surface area contributed by atoms with Gasteiger partial charge in [-0.2, -0.15) is 0 Å². The highest BCUT2D eigenvalue weighted by molar-refractivity contribution is 8.14. The van der Waals surface area contributed by atoms with Crippen molar-refractivity contribution in [1.29, 1.82) is 0 Å². The van der Waals surface area contributed by atoms with E-state index >= 15 is 0 Å². The number of hydrogen-bond acceptors (Lipinski definition) is 3. The van der Waals surface area contributed by atoms with Gasteiger partial charge >= 0.3 is 0 Å². The average molecular weight is 316 g/mol. The zero-order valence-electron chi connectivity index (χ0n) is 11.3. The molecule has 4 heteroatoms. The van der Waals surface area contributed by atoms with Crippen LogP contribution in [0.1, 0.15) is 16.7 Å². The van der Waals surface area contributed by atoms with E-state index in [9.17, 15) is 0 Å². The summed E-state index contributed by atoms with van der Waals surface area (Å²) in [7, 11) is 0. The van der Waals surface area contributed by atoms with Crippen molar-refractivity contribution < 1.29 is 5.11 Å². The molecule has 2 aromatic carbocycles. The van der Waals surface area contributed by atoms with E-state index in [1.165, 1.54) is 10.5 Å². The van der Waals surface area contributed by atoms with Crippen molar-refractivity contribution in [2.45, 2.75) is 18.0 Å². The first-order valence-corrected chi connectivity index (χ1v) is 7.82. The van der Waals surface area contributed by atoms with Gasteiger partial charge in [-0.1, -0.05) is 47.6 Å². The highest BCUT2D eigenvalue weighted by Crippen LogP contribution is 2.31. The second kappa shape index (κ2) is 6.48. The first-order chi connectivity index (χ1) is 10.2. The van der Waals surface area contributed by atoms with E-state index in [2.05, 4.69) is 4.99 Å². The summed E-state index contributed by atoms with van der Waals surface area (Å²) in [5.41, 5.74) is 3.15. The van der Waals surface area contributed by atoms with Crippen LogP contribution in [-0.2, 0) is 13.2 Å². The molecule has 2 nitrogen and oxygen atoms in total. The standard InChI is InChI=1S/C17H14ClNOS/c18-15-5-6-16-14(9-15)10-19-17(21-16)7-4-12-2-1-3-13(8-12)11-20/h1-9,20H,10-11H2. The predicted octanol–water partition coefficient (Wildman–Crippen LogP) is 4.55. The van der Waals surface area contributed by atoms with Gasteiger partial charge in [0.15, 0.2) is 0 Å². The van der Waals surface area contributed by atoms with Gasteiger partial charge in [-0.25, -0.2) is 0 Å². The van der Waals surface area contributed by atoms with Crippen LogP contribution in [0, 0.1) is 0 Å². The average Bonchev–Trinajstić information content (AvgIpc) is 2.53. The first kappa shape index (κ1) is 14.4. The SMILES string of the molecule is OCc1cccc(C=CC2=NCc3cc(Cl)ccc3S2)c1. The largest absolute Gasteiger partial charge is 0.392 e. The molecule has 1 heterocycles. The molecule has 1 aliphatic heterocycles. The Kier molecular flexibility index (Phi) is 4.44. The Bertz CT molecular complexity index is 724. The Morgan fingerprint density at radius 3 is 2.95 bits per heavy atom. The molecular weight excluding hydrogens is 302 g/mol. The predicted molar refractivity (Wildman–Crippen MR) is 89.8 cm³/mol. The molecule has 0 radical (unpaired) electrons. The summed E-state index contributed by atoms with van der Waals surface area (Å²) in [5.74, 6) is 0. The number of hydrogen-bond donors (Lipinski definition) is 1. The summed E-state index contributed by atoms with van der Waals surface area (Å²) in [6, 6.07) is 13.7. The number of aliphatic hydroxyl groups is 1. The summed E-state index contributed by atoms with van der Waals surface area (Å²) < 4.78 is 0. The van der Waals surface area contributed by atoms with Crippen LogP contribution >= 0.6 is 23.4 Å². The van der Waals surface area contributed by atoms with Crippen LogP contribution in [0.5, 0.6) is 0 Å². The van der Waals surface area contributed by atoms with Crippen LogP contribution in [0.3, 0.4) is 0 Å². The Balaban J connectivity index is 1.76. The lowest BCUT2D eigenvalue weighted by Crippen LogP contribution is -1.99. The molecule has 1 aliphatic rings. The molecule has 21 heavy (non-hydrogen) atoms. The molecule has 0 saturated carbocycles. The van der Waals surface area contributed by atoms with Crippen LogP contribution in [0.25, 0.3) is 6.08 Å². The van der Waals surface area contributed by atoms with Gasteiger partial charge in [0, 0.05) is 9.92 Å². The summed E-state index contributed by atoms with van der Waals surface area (Å²) in [6.45, 7) is 0.727.